The van der Waals surface area contributed by atoms with Gasteiger partial charge >= 0.3 is 5.97 Å². The highest BCUT2D eigenvalue weighted by Crippen LogP contribution is 2.45. The number of carbonyl (C=O) groups is 2. The van der Waals surface area contributed by atoms with Crippen molar-refractivity contribution in [2.75, 3.05) is 13.7 Å². The van der Waals surface area contributed by atoms with Crippen LogP contribution in [0.5, 0.6) is 0 Å². The second-order valence-corrected chi connectivity index (χ2v) is 5.10. The lowest BCUT2D eigenvalue weighted by Gasteiger charge is -2.42. The van der Waals surface area contributed by atoms with E-state index in [0.29, 0.717) is 6.42 Å². The molecular formula is C13H20O6. The molecule has 108 valence electrons. The zero-order valence-electron chi connectivity index (χ0n) is 11.5. The van der Waals surface area contributed by atoms with E-state index in [0.717, 1.165) is 6.29 Å². The van der Waals surface area contributed by atoms with E-state index >= 15 is 0 Å². The molecule has 2 rings (SSSR count). The van der Waals surface area contributed by atoms with Gasteiger partial charge in [-0.25, -0.2) is 0 Å². The Morgan fingerprint density at radius 3 is 2.89 bits per heavy atom. The van der Waals surface area contributed by atoms with Gasteiger partial charge in [0, 0.05) is 18.9 Å². The van der Waals surface area contributed by atoms with Crippen LogP contribution < -0.4 is 0 Å². The van der Waals surface area contributed by atoms with Crippen molar-refractivity contribution in [1.82, 2.24) is 0 Å². The molecule has 0 aromatic rings. The van der Waals surface area contributed by atoms with Gasteiger partial charge in [0.05, 0.1) is 12.5 Å². The molecule has 5 atom stereocenters. The summed E-state index contributed by atoms with van der Waals surface area (Å²) in [5.41, 5.74) is -0.788. The number of methoxy groups -OCH3 is 1. The summed E-state index contributed by atoms with van der Waals surface area (Å²) in [6.07, 6.45) is 1.45. The lowest BCUT2D eigenvalue weighted by atomic mass is 9.72. The number of hydrogen-bond acceptors (Lipinski definition) is 6. The predicted octanol–water partition coefficient (Wildman–Crippen LogP) is 0.879. The lowest BCUT2D eigenvalue weighted by Crippen LogP contribution is -2.57. The number of hydrogen-bond donors (Lipinski definition) is 0. The Hall–Kier alpha value is -0.980. The molecule has 2 heterocycles. The molecule has 0 radical (unpaired) electrons. The van der Waals surface area contributed by atoms with Crippen LogP contribution in [0.3, 0.4) is 0 Å². The Morgan fingerprint density at radius 1 is 1.58 bits per heavy atom. The van der Waals surface area contributed by atoms with Crippen molar-refractivity contribution in [2.24, 2.45) is 11.8 Å². The van der Waals surface area contributed by atoms with Gasteiger partial charge in [0.15, 0.2) is 0 Å². The SMILES string of the molecule is CCC1OC(OC)OC12COC(=O)CC2C(C)C=O. The third-order valence-corrected chi connectivity index (χ3v) is 4.02. The maximum Gasteiger partial charge on any atom is 0.306 e. The van der Waals surface area contributed by atoms with Gasteiger partial charge in [0.25, 0.3) is 6.48 Å². The van der Waals surface area contributed by atoms with E-state index < -0.39 is 12.1 Å². The Morgan fingerprint density at radius 2 is 2.32 bits per heavy atom. The Kier molecular flexibility index (Phi) is 4.23. The van der Waals surface area contributed by atoms with Crippen molar-refractivity contribution in [3.05, 3.63) is 0 Å². The van der Waals surface area contributed by atoms with Gasteiger partial charge in [-0.2, -0.15) is 0 Å². The van der Waals surface area contributed by atoms with Crippen molar-refractivity contribution in [3.63, 3.8) is 0 Å². The molecule has 5 unspecified atom stereocenters. The summed E-state index contributed by atoms with van der Waals surface area (Å²) in [5.74, 6) is -0.860. The number of ether oxygens (including phenoxy) is 4. The second kappa shape index (κ2) is 5.56. The summed E-state index contributed by atoms with van der Waals surface area (Å²) >= 11 is 0. The molecule has 6 heteroatoms. The molecule has 19 heavy (non-hydrogen) atoms. The quantitative estimate of drug-likeness (QED) is 0.559. The van der Waals surface area contributed by atoms with Crippen LogP contribution in [0.4, 0.5) is 0 Å². The molecule has 2 fully saturated rings. The van der Waals surface area contributed by atoms with Crippen molar-refractivity contribution < 1.29 is 28.5 Å². The van der Waals surface area contributed by atoms with Crippen molar-refractivity contribution in [1.29, 1.82) is 0 Å². The van der Waals surface area contributed by atoms with Gasteiger partial charge in [0.2, 0.25) is 0 Å². The molecule has 0 saturated carbocycles. The third kappa shape index (κ3) is 2.40. The highest BCUT2D eigenvalue weighted by Gasteiger charge is 2.59. The number of aldehydes is 1. The van der Waals surface area contributed by atoms with E-state index in [2.05, 4.69) is 0 Å². The standard InChI is InChI=1S/C13H20O6/c1-4-10-13(19-12(16-3)18-10)7-17-11(15)5-9(13)8(2)6-14/h6,8-10,12H,4-5,7H2,1-3H3. The summed E-state index contributed by atoms with van der Waals surface area (Å²) < 4.78 is 21.7. The van der Waals surface area contributed by atoms with Gasteiger partial charge in [-0.3, -0.25) is 4.79 Å². The molecule has 0 aliphatic carbocycles. The summed E-state index contributed by atoms with van der Waals surface area (Å²) in [4.78, 5) is 22.6. The van der Waals surface area contributed by atoms with E-state index in [1.807, 2.05) is 6.92 Å². The molecule has 6 nitrogen and oxygen atoms in total. The first-order valence-corrected chi connectivity index (χ1v) is 6.54. The third-order valence-electron chi connectivity index (χ3n) is 4.02. The molecule has 2 saturated heterocycles. The van der Waals surface area contributed by atoms with Gasteiger partial charge < -0.3 is 23.7 Å². The van der Waals surface area contributed by atoms with Crippen LogP contribution in [0.1, 0.15) is 26.7 Å². The molecule has 2 aliphatic rings. The summed E-state index contributed by atoms with van der Waals surface area (Å²) in [5, 5.41) is 0. The Labute approximate surface area is 112 Å². The highest BCUT2D eigenvalue weighted by molar-refractivity contribution is 5.72. The van der Waals surface area contributed by atoms with Gasteiger partial charge in [-0.15, -0.1) is 0 Å². The first kappa shape index (κ1) is 14.4. The normalized spacial score (nSPS) is 40.2. The molecule has 0 bridgehead atoms. The predicted molar refractivity (Wildman–Crippen MR) is 64.1 cm³/mol. The summed E-state index contributed by atoms with van der Waals surface area (Å²) in [7, 11) is 1.49. The van der Waals surface area contributed by atoms with Crippen molar-refractivity contribution >= 4 is 12.3 Å². The summed E-state index contributed by atoms with van der Waals surface area (Å²) in [6.45, 7) is 3.08. The fourth-order valence-corrected chi connectivity index (χ4v) is 2.97. The minimum atomic E-state index is -0.788. The van der Waals surface area contributed by atoms with Crippen LogP contribution in [-0.4, -0.2) is 44.2 Å². The van der Waals surface area contributed by atoms with Crippen LogP contribution in [0.15, 0.2) is 0 Å². The fraction of sp³-hybridized carbons (Fsp3) is 0.846. The minimum Gasteiger partial charge on any atom is -0.462 e. The zero-order valence-corrected chi connectivity index (χ0v) is 11.5. The first-order valence-electron chi connectivity index (χ1n) is 6.54. The van der Waals surface area contributed by atoms with E-state index in [1.54, 1.807) is 6.92 Å². The smallest absolute Gasteiger partial charge is 0.306 e. The molecule has 0 amide bonds. The number of carbonyl (C=O) groups excluding carboxylic acids is 2. The van der Waals surface area contributed by atoms with Crippen LogP contribution in [0, 0.1) is 11.8 Å². The van der Waals surface area contributed by atoms with E-state index in [-0.39, 0.29) is 36.9 Å². The van der Waals surface area contributed by atoms with Crippen LogP contribution >= 0.6 is 0 Å². The van der Waals surface area contributed by atoms with E-state index in [9.17, 15) is 9.59 Å². The molecule has 1 spiro atoms. The highest BCUT2D eigenvalue weighted by atomic mass is 16.9. The monoisotopic (exact) mass is 272 g/mol. The zero-order chi connectivity index (χ0) is 14.0. The van der Waals surface area contributed by atoms with Gasteiger partial charge in [0.1, 0.15) is 18.5 Å². The van der Waals surface area contributed by atoms with Crippen LogP contribution in [0.2, 0.25) is 0 Å². The van der Waals surface area contributed by atoms with E-state index in [4.69, 9.17) is 18.9 Å². The number of esters is 1. The summed E-state index contributed by atoms with van der Waals surface area (Å²) in [6, 6.07) is 0. The molecule has 0 aromatic carbocycles. The van der Waals surface area contributed by atoms with E-state index in [1.165, 1.54) is 7.11 Å². The molecule has 0 N–H and O–H groups in total. The van der Waals surface area contributed by atoms with Crippen molar-refractivity contribution in [2.45, 2.75) is 44.9 Å². The van der Waals surface area contributed by atoms with Crippen LogP contribution in [-0.2, 0) is 28.5 Å². The maximum absolute atomic E-state index is 11.5. The van der Waals surface area contributed by atoms with Crippen molar-refractivity contribution in [3.8, 4) is 0 Å². The first-order chi connectivity index (χ1) is 9.07. The van der Waals surface area contributed by atoms with Gasteiger partial charge in [-0.05, 0) is 6.42 Å². The molecule has 2 aliphatic heterocycles. The average molecular weight is 272 g/mol. The number of cyclic esters (lactones) is 1. The maximum atomic E-state index is 11.5. The molecular weight excluding hydrogens is 252 g/mol. The number of rotatable bonds is 4. The van der Waals surface area contributed by atoms with Crippen LogP contribution in [0.25, 0.3) is 0 Å². The second-order valence-electron chi connectivity index (χ2n) is 5.10. The lowest BCUT2D eigenvalue weighted by molar-refractivity contribution is -0.256. The largest absolute Gasteiger partial charge is 0.462 e. The topological polar surface area (TPSA) is 71.1 Å². The van der Waals surface area contributed by atoms with Gasteiger partial charge in [-0.1, -0.05) is 13.8 Å². The Balaban J connectivity index is 2.31. The average Bonchev–Trinajstić information content (AvgIpc) is 2.79. The molecule has 0 aromatic heterocycles. The fourth-order valence-electron chi connectivity index (χ4n) is 2.97. The Bertz CT molecular complexity index is 357. The minimum absolute atomic E-state index is 0.104.